The van der Waals surface area contributed by atoms with Crippen LogP contribution in [0, 0.1) is 5.92 Å². The highest BCUT2D eigenvalue weighted by Crippen LogP contribution is 2.44. The standard InChI is InChI=1S/C17H23Br/c18-12-17(16-10-11-16)15-8-6-14(7-9-15)13-4-2-1-3-5-13/h6-9,13,16-17H,1-5,10-12H2. The predicted octanol–water partition coefficient (Wildman–Crippen LogP) is 5.62. The minimum Gasteiger partial charge on any atom is -0.0921 e. The maximum atomic E-state index is 3.69. The lowest BCUT2D eigenvalue weighted by molar-refractivity contribution is 0.443. The maximum Gasteiger partial charge on any atom is 0.0103 e. The molecule has 1 aromatic carbocycles. The van der Waals surface area contributed by atoms with Crippen molar-refractivity contribution >= 4 is 15.9 Å². The van der Waals surface area contributed by atoms with Gasteiger partial charge in [-0.2, -0.15) is 0 Å². The molecule has 0 N–H and O–H groups in total. The Morgan fingerprint density at radius 1 is 0.944 bits per heavy atom. The molecule has 98 valence electrons. The molecule has 2 saturated carbocycles. The quantitative estimate of drug-likeness (QED) is 0.633. The molecule has 0 bridgehead atoms. The molecule has 1 aromatic rings. The fourth-order valence-corrected chi connectivity index (χ4v) is 4.34. The van der Waals surface area contributed by atoms with Gasteiger partial charge in [0.2, 0.25) is 0 Å². The van der Waals surface area contributed by atoms with Crippen LogP contribution in [0.4, 0.5) is 0 Å². The summed E-state index contributed by atoms with van der Waals surface area (Å²) in [5, 5.41) is 1.13. The SMILES string of the molecule is BrCC(c1ccc(C2CCCCC2)cc1)C1CC1. The van der Waals surface area contributed by atoms with E-state index in [1.54, 1.807) is 11.1 Å². The number of hydrogen-bond donors (Lipinski definition) is 0. The van der Waals surface area contributed by atoms with Crippen molar-refractivity contribution in [3.8, 4) is 0 Å². The molecule has 0 spiro atoms. The number of hydrogen-bond acceptors (Lipinski definition) is 0. The Kier molecular flexibility index (Phi) is 4.08. The fraction of sp³-hybridized carbons (Fsp3) is 0.647. The molecule has 0 heterocycles. The molecule has 2 aliphatic rings. The Morgan fingerprint density at radius 2 is 1.61 bits per heavy atom. The lowest BCUT2D eigenvalue weighted by Gasteiger charge is -2.22. The summed E-state index contributed by atoms with van der Waals surface area (Å²) in [5.41, 5.74) is 3.14. The Morgan fingerprint density at radius 3 is 2.17 bits per heavy atom. The van der Waals surface area contributed by atoms with Gasteiger partial charge in [-0.1, -0.05) is 59.5 Å². The van der Waals surface area contributed by atoms with Gasteiger partial charge in [-0.05, 0) is 54.6 Å². The van der Waals surface area contributed by atoms with Crippen LogP contribution in [0.3, 0.4) is 0 Å². The summed E-state index contributed by atoms with van der Waals surface area (Å²) in [5.74, 6) is 2.55. The van der Waals surface area contributed by atoms with Gasteiger partial charge >= 0.3 is 0 Å². The second kappa shape index (κ2) is 5.77. The van der Waals surface area contributed by atoms with Crippen LogP contribution >= 0.6 is 15.9 Å². The van der Waals surface area contributed by atoms with E-state index in [0.717, 1.165) is 23.1 Å². The normalized spacial score (nSPS) is 22.9. The van der Waals surface area contributed by atoms with E-state index in [2.05, 4.69) is 40.2 Å². The van der Waals surface area contributed by atoms with E-state index in [9.17, 15) is 0 Å². The van der Waals surface area contributed by atoms with E-state index in [4.69, 9.17) is 0 Å². The lowest BCUT2D eigenvalue weighted by Crippen LogP contribution is -2.06. The highest BCUT2D eigenvalue weighted by atomic mass is 79.9. The van der Waals surface area contributed by atoms with E-state index in [1.807, 2.05) is 0 Å². The van der Waals surface area contributed by atoms with Crippen molar-refractivity contribution in [3.05, 3.63) is 35.4 Å². The Hall–Kier alpha value is -0.300. The van der Waals surface area contributed by atoms with Crippen molar-refractivity contribution in [1.29, 1.82) is 0 Å². The molecule has 0 aromatic heterocycles. The molecule has 0 radical (unpaired) electrons. The van der Waals surface area contributed by atoms with Crippen LogP contribution in [0.2, 0.25) is 0 Å². The molecule has 2 aliphatic carbocycles. The fourth-order valence-electron chi connectivity index (χ4n) is 3.44. The summed E-state index contributed by atoms with van der Waals surface area (Å²) in [6.45, 7) is 0. The third-order valence-corrected chi connectivity index (χ3v) is 5.50. The number of benzene rings is 1. The molecule has 0 amide bonds. The van der Waals surface area contributed by atoms with E-state index >= 15 is 0 Å². The minimum atomic E-state index is 0.755. The zero-order valence-corrected chi connectivity index (χ0v) is 12.7. The van der Waals surface area contributed by atoms with Crippen molar-refractivity contribution in [2.24, 2.45) is 5.92 Å². The van der Waals surface area contributed by atoms with Crippen LogP contribution in [0.15, 0.2) is 24.3 Å². The minimum absolute atomic E-state index is 0.755. The summed E-state index contributed by atoms with van der Waals surface area (Å²) >= 11 is 3.69. The van der Waals surface area contributed by atoms with Crippen LogP contribution in [0.5, 0.6) is 0 Å². The maximum absolute atomic E-state index is 3.69. The molecule has 0 saturated heterocycles. The van der Waals surface area contributed by atoms with Gasteiger partial charge in [0.1, 0.15) is 0 Å². The molecular weight excluding hydrogens is 284 g/mol. The van der Waals surface area contributed by atoms with Gasteiger partial charge in [-0.15, -0.1) is 0 Å². The zero-order chi connectivity index (χ0) is 12.4. The van der Waals surface area contributed by atoms with Crippen molar-refractivity contribution in [1.82, 2.24) is 0 Å². The summed E-state index contributed by atoms with van der Waals surface area (Å²) < 4.78 is 0. The second-order valence-corrected chi connectivity index (χ2v) is 6.75. The molecule has 3 rings (SSSR count). The Labute approximate surface area is 119 Å². The average Bonchev–Trinajstić information content (AvgIpc) is 3.26. The van der Waals surface area contributed by atoms with Gasteiger partial charge in [0, 0.05) is 5.33 Å². The summed E-state index contributed by atoms with van der Waals surface area (Å²) in [6.07, 6.45) is 9.98. The smallest absolute Gasteiger partial charge is 0.0103 e. The highest BCUT2D eigenvalue weighted by molar-refractivity contribution is 9.09. The van der Waals surface area contributed by atoms with Gasteiger partial charge in [0.05, 0.1) is 0 Å². The molecule has 1 atom stereocenters. The van der Waals surface area contributed by atoms with E-state index < -0.39 is 0 Å². The van der Waals surface area contributed by atoms with Gasteiger partial charge in [-0.3, -0.25) is 0 Å². The number of alkyl halides is 1. The van der Waals surface area contributed by atoms with Crippen LogP contribution < -0.4 is 0 Å². The highest BCUT2D eigenvalue weighted by Gasteiger charge is 2.31. The van der Waals surface area contributed by atoms with Crippen LogP contribution in [-0.4, -0.2) is 5.33 Å². The van der Waals surface area contributed by atoms with Crippen molar-refractivity contribution in [2.45, 2.75) is 56.8 Å². The van der Waals surface area contributed by atoms with E-state index in [1.165, 1.54) is 44.9 Å². The molecule has 1 heteroatoms. The third-order valence-electron chi connectivity index (χ3n) is 4.80. The molecule has 2 fully saturated rings. The third kappa shape index (κ3) is 2.82. The van der Waals surface area contributed by atoms with E-state index in [0.29, 0.717) is 0 Å². The Balaban J connectivity index is 1.71. The van der Waals surface area contributed by atoms with Crippen LogP contribution in [0.25, 0.3) is 0 Å². The number of halogens is 1. The molecule has 0 nitrogen and oxygen atoms in total. The first kappa shape index (κ1) is 12.7. The summed E-state index contributed by atoms with van der Waals surface area (Å²) in [6, 6.07) is 9.61. The van der Waals surface area contributed by atoms with Crippen molar-refractivity contribution in [3.63, 3.8) is 0 Å². The average molecular weight is 307 g/mol. The van der Waals surface area contributed by atoms with E-state index in [-0.39, 0.29) is 0 Å². The zero-order valence-electron chi connectivity index (χ0n) is 11.1. The van der Waals surface area contributed by atoms with Gasteiger partial charge in [0.15, 0.2) is 0 Å². The lowest BCUT2D eigenvalue weighted by atomic mass is 9.83. The summed E-state index contributed by atoms with van der Waals surface area (Å²) in [4.78, 5) is 0. The van der Waals surface area contributed by atoms with Crippen molar-refractivity contribution < 1.29 is 0 Å². The molecular formula is C17H23Br. The second-order valence-electron chi connectivity index (χ2n) is 6.10. The first-order valence-electron chi connectivity index (χ1n) is 7.54. The van der Waals surface area contributed by atoms with Gasteiger partial charge in [0.25, 0.3) is 0 Å². The number of rotatable bonds is 4. The van der Waals surface area contributed by atoms with Crippen LogP contribution in [0.1, 0.15) is 67.9 Å². The van der Waals surface area contributed by atoms with Crippen LogP contribution in [-0.2, 0) is 0 Å². The monoisotopic (exact) mass is 306 g/mol. The largest absolute Gasteiger partial charge is 0.0921 e. The molecule has 18 heavy (non-hydrogen) atoms. The van der Waals surface area contributed by atoms with Crippen molar-refractivity contribution in [2.75, 3.05) is 5.33 Å². The van der Waals surface area contributed by atoms with Gasteiger partial charge in [-0.25, -0.2) is 0 Å². The predicted molar refractivity (Wildman–Crippen MR) is 81.5 cm³/mol. The first-order valence-corrected chi connectivity index (χ1v) is 8.66. The Bertz CT molecular complexity index is 371. The molecule has 0 aliphatic heterocycles. The molecule has 1 unspecified atom stereocenters. The first-order chi connectivity index (χ1) is 8.88. The topological polar surface area (TPSA) is 0 Å². The summed E-state index contributed by atoms with van der Waals surface area (Å²) in [7, 11) is 0. The van der Waals surface area contributed by atoms with Gasteiger partial charge < -0.3 is 0 Å².